The monoisotopic (exact) mass is 473 g/mol. The number of benzene rings is 3. The number of hydrogen-bond donors (Lipinski definition) is 3. The number of unbranched alkanes of at least 4 members (excludes halogenated alkanes) is 2. The summed E-state index contributed by atoms with van der Waals surface area (Å²) in [5.74, 6) is -0.867. The number of carboxylic acid groups (broad SMARTS) is 1. The molecule has 0 saturated carbocycles. The van der Waals surface area contributed by atoms with Gasteiger partial charge in [0.1, 0.15) is 6.04 Å². The molecule has 0 aliphatic carbocycles. The number of hydrogen-bond acceptors (Lipinski definition) is 3. The summed E-state index contributed by atoms with van der Waals surface area (Å²) in [5, 5.41) is 15.8. The SMILES string of the molecule is CCCCCNC(=O)N(C)c1cccc(-c2ccc(C[C@H](NCc3ccccc3)C(=O)O)cc2)c1. The lowest BCUT2D eigenvalue weighted by Gasteiger charge is -2.19. The number of carbonyl (C=O) groups excluding carboxylic acids is 1. The van der Waals surface area contributed by atoms with Gasteiger partial charge in [-0.15, -0.1) is 0 Å². The Morgan fingerprint density at radius 1 is 0.886 bits per heavy atom. The topological polar surface area (TPSA) is 81.7 Å². The molecule has 3 aromatic rings. The molecule has 0 spiro atoms. The van der Waals surface area contributed by atoms with Crippen LogP contribution in [-0.2, 0) is 17.8 Å². The van der Waals surface area contributed by atoms with E-state index in [-0.39, 0.29) is 6.03 Å². The van der Waals surface area contributed by atoms with Crippen molar-refractivity contribution in [1.29, 1.82) is 0 Å². The Labute approximate surface area is 208 Å². The Kier molecular flexibility index (Phi) is 9.87. The van der Waals surface area contributed by atoms with Crippen molar-refractivity contribution >= 4 is 17.7 Å². The molecule has 0 aliphatic rings. The van der Waals surface area contributed by atoms with Crippen molar-refractivity contribution in [1.82, 2.24) is 10.6 Å². The molecular formula is C29H35N3O3. The summed E-state index contributed by atoms with van der Waals surface area (Å²) in [6, 6.07) is 24.8. The molecule has 3 N–H and O–H groups in total. The third kappa shape index (κ3) is 7.97. The molecule has 0 bridgehead atoms. The first-order chi connectivity index (χ1) is 17.0. The number of nitrogens with zero attached hydrogens (tertiary/aromatic N) is 1. The minimum absolute atomic E-state index is 0.115. The van der Waals surface area contributed by atoms with Crippen LogP contribution in [0, 0.1) is 0 Å². The van der Waals surface area contributed by atoms with Gasteiger partial charge in [-0.2, -0.15) is 0 Å². The molecule has 184 valence electrons. The third-order valence-electron chi connectivity index (χ3n) is 6.02. The van der Waals surface area contributed by atoms with Crippen molar-refractivity contribution in [3.63, 3.8) is 0 Å². The molecule has 6 nitrogen and oxygen atoms in total. The summed E-state index contributed by atoms with van der Waals surface area (Å²) in [7, 11) is 1.77. The highest BCUT2D eigenvalue weighted by molar-refractivity contribution is 5.92. The third-order valence-corrected chi connectivity index (χ3v) is 6.02. The summed E-state index contributed by atoms with van der Waals surface area (Å²) in [4.78, 5) is 25.9. The van der Waals surface area contributed by atoms with Crippen molar-refractivity contribution in [3.8, 4) is 11.1 Å². The average molecular weight is 474 g/mol. The van der Waals surface area contributed by atoms with Gasteiger partial charge >= 0.3 is 12.0 Å². The van der Waals surface area contributed by atoms with E-state index in [4.69, 9.17) is 0 Å². The van der Waals surface area contributed by atoms with Gasteiger partial charge < -0.3 is 15.7 Å². The van der Waals surface area contributed by atoms with Gasteiger partial charge in [0, 0.05) is 25.8 Å². The Morgan fingerprint density at radius 2 is 1.63 bits per heavy atom. The second kappa shape index (κ2) is 13.3. The molecule has 1 atom stereocenters. The molecule has 6 heteroatoms. The number of carbonyl (C=O) groups is 2. The van der Waals surface area contributed by atoms with E-state index in [1.165, 1.54) is 0 Å². The van der Waals surface area contributed by atoms with Crippen molar-refractivity contribution in [2.75, 3.05) is 18.5 Å². The minimum atomic E-state index is -0.867. The van der Waals surface area contributed by atoms with E-state index < -0.39 is 12.0 Å². The fraction of sp³-hybridized carbons (Fsp3) is 0.310. The smallest absolute Gasteiger partial charge is 0.321 e. The largest absolute Gasteiger partial charge is 0.480 e. The fourth-order valence-electron chi connectivity index (χ4n) is 3.85. The van der Waals surface area contributed by atoms with Crippen molar-refractivity contribution in [2.45, 2.75) is 45.2 Å². The molecular weight excluding hydrogens is 438 g/mol. The number of anilines is 1. The van der Waals surface area contributed by atoms with Gasteiger partial charge in [0.2, 0.25) is 0 Å². The zero-order chi connectivity index (χ0) is 25.0. The maximum Gasteiger partial charge on any atom is 0.321 e. The second-order valence-corrected chi connectivity index (χ2v) is 8.71. The Balaban J connectivity index is 1.62. The van der Waals surface area contributed by atoms with E-state index in [9.17, 15) is 14.7 Å². The van der Waals surface area contributed by atoms with Crippen LogP contribution in [0.2, 0.25) is 0 Å². The van der Waals surface area contributed by atoms with E-state index in [0.29, 0.717) is 19.5 Å². The Bertz CT molecular complexity index is 1080. The van der Waals surface area contributed by atoms with E-state index >= 15 is 0 Å². The number of nitrogens with one attached hydrogen (secondary N) is 2. The highest BCUT2D eigenvalue weighted by atomic mass is 16.4. The molecule has 0 aromatic heterocycles. The van der Waals surface area contributed by atoms with E-state index in [1.54, 1.807) is 11.9 Å². The van der Waals surface area contributed by atoms with E-state index in [0.717, 1.165) is 47.2 Å². The van der Waals surface area contributed by atoms with Gasteiger partial charge in [0.15, 0.2) is 0 Å². The molecule has 35 heavy (non-hydrogen) atoms. The van der Waals surface area contributed by atoms with Crippen LogP contribution in [0.4, 0.5) is 10.5 Å². The van der Waals surface area contributed by atoms with Gasteiger partial charge in [0.05, 0.1) is 0 Å². The number of urea groups is 1. The van der Waals surface area contributed by atoms with Crippen molar-refractivity contribution < 1.29 is 14.7 Å². The first-order valence-corrected chi connectivity index (χ1v) is 12.2. The van der Waals surface area contributed by atoms with Crippen LogP contribution >= 0.6 is 0 Å². The quantitative estimate of drug-likeness (QED) is 0.305. The second-order valence-electron chi connectivity index (χ2n) is 8.71. The zero-order valence-corrected chi connectivity index (χ0v) is 20.5. The van der Waals surface area contributed by atoms with Crippen LogP contribution < -0.4 is 15.5 Å². The lowest BCUT2D eigenvalue weighted by atomic mass is 10.00. The van der Waals surface area contributed by atoms with Crippen LogP contribution in [0.25, 0.3) is 11.1 Å². The number of amides is 2. The molecule has 0 heterocycles. The maximum absolute atomic E-state index is 12.5. The Morgan fingerprint density at radius 3 is 2.31 bits per heavy atom. The van der Waals surface area contributed by atoms with Crippen LogP contribution in [0.5, 0.6) is 0 Å². The molecule has 3 aromatic carbocycles. The normalized spacial score (nSPS) is 11.6. The van der Waals surface area contributed by atoms with Crippen molar-refractivity contribution in [3.05, 3.63) is 90.0 Å². The molecule has 0 aliphatic heterocycles. The van der Waals surface area contributed by atoms with E-state index in [2.05, 4.69) is 17.6 Å². The average Bonchev–Trinajstić information content (AvgIpc) is 2.89. The fourth-order valence-corrected chi connectivity index (χ4v) is 3.85. The first-order valence-electron chi connectivity index (χ1n) is 12.2. The highest BCUT2D eigenvalue weighted by Crippen LogP contribution is 2.25. The van der Waals surface area contributed by atoms with E-state index in [1.807, 2.05) is 78.9 Å². The summed E-state index contributed by atoms with van der Waals surface area (Å²) >= 11 is 0. The number of carboxylic acids is 1. The number of rotatable bonds is 12. The predicted octanol–water partition coefficient (Wildman–Crippen LogP) is 5.48. The summed E-state index contributed by atoms with van der Waals surface area (Å²) in [6.07, 6.45) is 3.59. The molecule has 0 unspecified atom stereocenters. The predicted molar refractivity (Wildman–Crippen MR) is 142 cm³/mol. The van der Waals surface area contributed by atoms with Crippen LogP contribution in [0.1, 0.15) is 37.3 Å². The molecule has 3 rings (SSSR count). The van der Waals surface area contributed by atoms with Gasteiger partial charge in [0.25, 0.3) is 0 Å². The molecule has 2 amide bonds. The zero-order valence-electron chi connectivity index (χ0n) is 20.5. The van der Waals surface area contributed by atoms with Gasteiger partial charge in [-0.3, -0.25) is 9.69 Å². The lowest BCUT2D eigenvalue weighted by Crippen LogP contribution is -2.38. The first kappa shape index (κ1) is 26.0. The van der Waals surface area contributed by atoms with Crippen molar-refractivity contribution in [2.24, 2.45) is 0 Å². The van der Waals surface area contributed by atoms with Crippen LogP contribution in [-0.4, -0.2) is 36.7 Å². The van der Waals surface area contributed by atoms with Crippen LogP contribution in [0.15, 0.2) is 78.9 Å². The maximum atomic E-state index is 12.5. The molecule has 0 saturated heterocycles. The summed E-state index contributed by atoms with van der Waals surface area (Å²) in [6.45, 7) is 3.32. The number of aliphatic carboxylic acids is 1. The lowest BCUT2D eigenvalue weighted by molar-refractivity contribution is -0.139. The minimum Gasteiger partial charge on any atom is -0.480 e. The molecule has 0 fully saturated rings. The van der Waals surface area contributed by atoms with Gasteiger partial charge in [-0.1, -0.05) is 86.5 Å². The standard InChI is InChI=1S/C29H35N3O3/c1-3-4-8-18-30-29(35)32(2)26-13-9-12-25(20-26)24-16-14-22(15-17-24)19-27(28(33)34)31-21-23-10-6-5-7-11-23/h5-7,9-17,20,27,31H,3-4,8,18-19,21H2,1-2H3,(H,30,35)(H,33,34)/t27-/m0/s1. The Hall–Kier alpha value is -3.64. The highest BCUT2D eigenvalue weighted by Gasteiger charge is 2.17. The molecule has 0 radical (unpaired) electrons. The van der Waals surface area contributed by atoms with Gasteiger partial charge in [-0.25, -0.2) is 4.79 Å². The van der Waals surface area contributed by atoms with Gasteiger partial charge in [-0.05, 0) is 47.2 Å². The summed E-state index contributed by atoms with van der Waals surface area (Å²) < 4.78 is 0. The van der Waals surface area contributed by atoms with Crippen LogP contribution in [0.3, 0.4) is 0 Å². The summed E-state index contributed by atoms with van der Waals surface area (Å²) in [5.41, 5.74) is 4.82.